The number of aromatic nitrogens is 3. The molecule has 2 rings (SSSR count). The van der Waals surface area contributed by atoms with Crippen molar-refractivity contribution in [1.82, 2.24) is 15.0 Å². The molecule has 1 aromatic rings. The highest BCUT2D eigenvalue weighted by Crippen LogP contribution is 2.18. The summed E-state index contributed by atoms with van der Waals surface area (Å²) in [5.74, 6) is 1.10. The number of hydrogen-bond acceptors (Lipinski definition) is 4. The molecule has 5 nitrogen and oxygen atoms in total. The second kappa shape index (κ2) is 3.33. The van der Waals surface area contributed by atoms with Gasteiger partial charge in [-0.05, 0) is 6.42 Å². The van der Waals surface area contributed by atoms with Crippen molar-refractivity contribution in [3.8, 4) is 0 Å². The minimum absolute atomic E-state index is 0.324. The number of rotatable bonds is 3. The van der Waals surface area contributed by atoms with Crippen LogP contribution in [0.3, 0.4) is 0 Å². The van der Waals surface area contributed by atoms with Crippen molar-refractivity contribution in [3.05, 3.63) is 6.20 Å². The number of hydrogen-bond donors (Lipinski definition) is 1. The van der Waals surface area contributed by atoms with Gasteiger partial charge in [-0.25, -0.2) is 4.68 Å². The molecule has 0 unspecified atom stereocenters. The van der Waals surface area contributed by atoms with Gasteiger partial charge in [-0.1, -0.05) is 12.1 Å². The highest BCUT2D eigenvalue weighted by Gasteiger charge is 2.25. The Hall–Kier alpha value is -1.10. The summed E-state index contributed by atoms with van der Waals surface area (Å²) < 4.78 is 1.94. The normalized spacial score (nSPS) is 17.5. The van der Waals surface area contributed by atoms with Crippen LogP contribution < -0.4 is 10.6 Å². The predicted octanol–water partition coefficient (Wildman–Crippen LogP) is -0.165. The summed E-state index contributed by atoms with van der Waals surface area (Å²) >= 11 is 0. The van der Waals surface area contributed by atoms with Crippen molar-refractivity contribution in [2.45, 2.75) is 25.9 Å². The van der Waals surface area contributed by atoms with Gasteiger partial charge in [0.15, 0.2) is 0 Å². The molecule has 1 saturated heterocycles. The lowest BCUT2D eigenvalue weighted by Gasteiger charge is -2.38. The van der Waals surface area contributed by atoms with Crippen LogP contribution in [0.25, 0.3) is 0 Å². The summed E-state index contributed by atoms with van der Waals surface area (Å²) in [6.07, 6.45) is 2.89. The fourth-order valence-electron chi connectivity index (χ4n) is 1.57. The van der Waals surface area contributed by atoms with Crippen LogP contribution in [0.5, 0.6) is 0 Å². The molecule has 1 aromatic heterocycles. The first-order chi connectivity index (χ1) is 6.31. The Labute approximate surface area is 77.5 Å². The van der Waals surface area contributed by atoms with Crippen LogP contribution in [0, 0.1) is 0 Å². The summed E-state index contributed by atoms with van der Waals surface area (Å²) in [6, 6.07) is 0.324. The summed E-state index contributed by atoms with van der Waals surface area (Å²) in [6.45, 7) is 4.92. The van der Waals surface area contributed by atoms with Crippen molar-refractivity contribution < 1.29 is 0 Å². The first-order valence-electron chi connectivity index (χ1n) is 4.70. The minimum atomic E-state index is 0.324. The molecule has 2 N–H and O–H groups in total. The molecule has 1 fully saturated rings. The van der Waals surface area contributed by atoms with Crippen molar-refractivity contribution >= 4 is 5.82 Å². The smallest absolute Gasteiger partial charge is 0.147 e. The highest BCUT2D eigenvalue weighted by atomic mass is 15.5. The summed E-state index contributed by atoms with van der Waals surface area (Å²) in [5.41, 5.74) is 5.71. The van der Waals surface area contributed by atoms with E-state index in [0.717, 1.165) is 31.9 Å². The van der Waals surface area contributed by atoms with Crippen LogP contribution in [0.4, 0.5) is 5.82 Å². The van der Waals surface area contributed by atoms with Gasteiger partial charge in [0.25, 0.3) is 0 Å². The first kappa shape index (κ1) is 8.50. The Morgan fingerprint density at radius 2 is 2.38 bits per heavy atom. The predicted molar refractivity (Wildman–Crippen MR) is 50.5 cm³/mol. The summed E-state index contributed by atoms with van der Waals surface area (Å²) in [4.78, 5) is 2.21. The molecule has 0 spiro atoms. The average Bonchev–Trinajstić information content (AvgIpc) is 2.48. The van der Waals surface area contributed by atoms with E-state index in [4.69, 9.17) is 5.73 Å². The van der Waals surface area contributed by atoms with Gasteiger partial charge in [-0.2, -0.15) is 0 Å². The Morgan fingerprint density at radius 3 is 3.00 bits per heavy atom. The monoisotopic (exact) mass is 181 g/mol. The first-order valence-corrected chi connectivity index (χ1v) is 4.70. The van der Waals surface area contributed by atoms with E-state index in [1.165, 1.54) is 0 Å². The van der Waals surface area contributed by atoms with Crippen LogP contribution in [0.2, 0.25) is 0 Å². The van der Waals surface area contributed by atoms with Gasteiger partial charge in [0, 0.05) is 25.7 Å². The third-order valence-electron chi connectivity index (χ3n) is 2.27. The summed E-state index contributed by atoms with van der Waals surface area (Å²) in [5, 5.41) is 7.92. The average molecular weight is 181 g/mol. The van der Waals surface area contributed by atoms with Gasteiger partial charge in [0.2, 0.25) is 0 Å². The Balaban J connectivity index is 2.06. The zero-order valence-corrected chi connectivity index (χ0v) is 7.85. The molecular formula is C8H15N5. The van der Waals surface area contributed by atoms with Crippen LogP contribution in [0.1, 0.15) is 13.3 Å². The second-order valence-corrected chi connectivity index (χ2v) is 3.48. The molecule has 2 heterocycles. The van der Waals surface area contributed by atoms with Crippen LogP contribution in [-0.2, 0) is 6.54 Å². The van der Waals surface area contributed by atoms with E-state index in [1.807, 2.05) is 10.9 Å². The molecular weight excluding hydrogens is 166 g/mol. The molecule has 0 atom stereocenters. The molecule has 0 bridgehead atoms. The molecule has 0 saturated carbocycles. The maximum atomic E-state index is 5.71. The fourth-order valence-corrected chi connectivity index (χ4v) is 1.57. The third kappa shape index (κ3) is 1.51. The van der Waals surface area contributed by atoms with E-state index in [2.05, 4.69) is 22.1 Å². The van der Waals surface area contributed by atoms with Crippen molar-refractivity contribution in [3.63, 3.8) is 0 Å². The third-order valence-corrected chi connectivity index (χ3v) is 2.27. The Kier molecular flexibility index (Phi) is 2.18. The van der Waals surface area contributed by atoms with E-state index in [0.29, 0.717) is 6.04 Å². The molecule has 1 aliphatic heterocycles. The van der Waals surface area contributed by atoms with Crippen molar-refractivity contribution in [1.29, 1.82) is 0 Å². The number of nitrogens with zero attached hydrogens (tertiary/aromatic N) is 4. The lowest BCUT2D eigenvalue weighted by atomic mass is 10.1. The van der Waals surface area contributed by atoms with Gasteiger partial charge in [-0.3, -0.25) is 0 Å². The van der Waals surface area contributed by atoms with Gasteiger partial charge >= 0.3 is 0 Å². The summed E-state index contributed by atoms with van der Waals surface area (Å²) in [7, 11) is 0. The van der Waals surface area contributed by atoms with E-state index in [1.54, 1.807) is 0 Å². The van der Waals surface area contributed by atoms with E-state index in [9.17, 15) is 0 Å². The topological polar surface area (TPSA) is 60.0 Å². The Bertz CT molecular complexity index is 276. The molecule has 0 amide bonds. The van der Waals surface area contributed by atoms with Gasteiger partial charge < -0.3 is 10.6 Å². The SMILES string of the molecule is CCCn1nncc1N1CC(N)C1. The number of nitrogens with two attached hydrogens (primary N) is 1. The maximum Gasteiger partial charge on any atom is 0.147 e. The quantitative estimate of drug-likeness (QED) is 0.703. The van der Waals surface area contributed by atoms with Crippen molar-refractivity contribution in [2.75, 3.05) is 18.0 Å². The van der Waals surface area contributed by atoms with Crippen LogP contribution in [0.15, 0.2) is 6.20 Å². The fraction of sp³-hybridized carbons (Fsp3) is 0.750. The molecule has 5 heteroatoms. The molecule has 72 valence electrons. The second-order valence-electron chi connectivity index (χ2n) is 3.48. The van der Waals surface area contributed by atoms with E-state index >= 15 is 0 Å². The maximum absolute atomic E-state index is 5.71. The molecule has 0 radical (unpaired) electrons. The van der Waals surface area contributed by atoms with Crippen LogP contribution >= 0.6 is 0 Å². The molecule has 0 aromatic carbocycles. The zero-order valence-electron chi connectivity index (χ0n) is 7.85. The number of anilines is 1. The Morgan fingerprint density at radius 1 is 1.62 bits per heavy atom. The van der Waals surface area contributed by atoms with Gasteiger partial charge in [0.1, 0.15) is 5.82 Å². The van der Waals surface area contributed by atoms with Gasteiger partial charge in [0.05, 0.1) is 6.20 Å². The largest absolute Gasteiger partial charge is 0.352 e. The van der Waals surface area contributed by atoms with Gasteiger partial charge in [-0.15, -0.1) is 5.10 Å². The molecule has 0 aliphatic carbocycles. The standard InChI is InChI=1S/C8H15N5/c1-2-3-13-8(4-10-11-13)12-5-7(9)6-12/h4,7H,2-3,5-6,9H2,1H3. The van der Waals surface area contributed by atoms with E-state index in [-0.39, 0.29) is 0 Å². The van der Waals surface area contributed by atoms with E-state index < -0.39 is 0 Å². The minimum Gasteiger partial charge on any atom is -0.352 e. The highest BCUT2D eigenvalue weighted by molar-refractivity contribution is 5.40. The van der Waals surface area contributed by atoms with Crippen molar-refractivity contribution in [2.24, 2.45) is 5.73 Å². The molecule has 13 heavy (non-hydrogen) atoms. The molecule has 1 aliphatic rings. The number of aryl methyl sites for hydroxylation is 1. The lowest BCUT2D eigenvalue weighted by molar-refractivity contribution is 0.487. The van der Waals surface area contributed by atoms with Crippen LogP contribution in [-0.4, -0.2) is 34.1 Å². The zero-order chi connectivity index (χ0) is 9.26. The lowest BCUT2D eigenvalue weighted by Crippen LogP contribution is -2.56.